The normalized spacial score (nSPS) is 13.0. The van der Waals surface area contributed by atoms with Gasteiger partial charge in [0.2, 0.25) is 0 Å². The van der Waals surface area contributed by atoms with Gasteiger partial charge in [0.1, 0.15) is 0 Å². The lowest BCUT2D eigenvalue weighted by Crippen LogP contribution is -2.22. The monoisotopic (exact) mass is 422 g/mol. The number of rotatable bonds is 3. The third kappa shape index (κ3) is 3.22. The highest BCUT2D eigenvalue weighted by molar-refractivity contribution is 8.01. The van der Waals surface area contributed by atoms with Crippen LogP contribution < -0.4 is 5.56 Å². The van der Waals surface area contributed by atoms with Gasteiger partial charge in [0.15, 0.2) is 5.78 Å². The predicted octanol–water partition coefficient (Wildman–Crippen LogP) is 4.68. The summed E-state index contributed by atoms with van der Waals surface area (Å²) >= 11 is 14.8. The van der Waals surface area contributed by atoms with E-state index in [4.69, 9.17) is 23.2 Å². The van der Waals surface area contributed by atoms with Crippen molar-refractivity contribution in [3.8, 4) is 16.9 Å². The number of carbonyl (C=O) groups excluding carboxylic acids is 1. The van der Waals surface area contributed by atoms with Gasteiger partial charge in [0.05, 0.1) is 26.3 Å². The van der Waals surface area contributed by atoms with E-state index in [9.17, 15) is 9.59 Å². The third-order valence-electron chi connectivity index (χ3n) is 4.04. The summed E-state index contributed by atoms with van der Waals surface area (Å²) in [6.45, 7) is 0. The number of alkyl halides is 1. The van der Waals surface area contributed by atoms with Crippen molar-refractivity contribution >= 4 is 52.1 Å². The van der Waals surface area contributed by atoms with Gasteiger partial charge < -0.3 is 0 Å². The van der Waals surface area contributed by atoms with E-state index in [-0.39, 0.29) is 17.2 Å². The first kappa shape index (κ1) is 17.8. The molecule has 0 unspecified atom stereocenters. The van der Waals surface area contributed by atoms with Crippen molar-refractivity contribution in [2.24, 2.45) is 0 Å². The number of carbonyl (C=O) groups is 1. The van der Waals surface area contributed by atoms with Crippen LogP contribution in [-0.4, -0.2) is 27.2 Å². The zero-order chi connectivity index (χ0) is 18.3. The smallest absolute Gasteiger partial charge is 0.271 e. The molecule has 3 heterocycles. The maximum absolute atomic E-state index is 12.6. The second-order valence-corrected chi connectivity index (χ2v) is 8.83. The van der Waals surface area contributed by atoms with E-state index in [1.54, 1.807) is 42.1 Å². The van der Waals surface area contributed by atoms with Crippen molar-refractivity contribution in [3.63, 3.8) is 0 Å². The number of halogens is 2. The molecule has 4 nitrogen and oxygen atoms in total. The molecule has 0 radical (unpaired) electrons. The van der Waals surface area contributed by atoms with Crippen LogP contribution in [0.25, 0.3) is 16.9 Å². The first-order valence-corrected chi connectivity index (χ1v) is 10.5. The van der Waals surface area contributed by atoms with Crippen molar-refractivity contribution in [3.05, 3.63) is 62.2 Å². The van der Waals surface area contributed by atoms with Gasteiger partial charge in [0, 0.05) is 22.4 Å². The van der Waals surface area contributed by atoms with Gasteiger partial charge in [-0.2, -0.15) is 9.78 Å². The highest BCUT2D eigenvalue weighted by Gasteiger charge is 2.23. The highest BCUT2D eigenvalue weighted by atomic mass is 35.5. The van der Waals surface area contributed by atoms with Crippen LogP contribution in [0.4, 0.5) is 0 Å². The Morgan fingerprint density at radius 2 is 2.00 bits per heavy atom. The molecule has 132 valence electrons. The average Bonchev–Trinajstić information content (AvgIpc) is 2.99. The second kappa shape index (κ2) is 7.19. The Hall–Kier alpha value is -1.60. The summed E-state index contributed by atoms with van der Waals surface area (Å²) in [5.74, 6) is 0.688. The van der Waals surface area contributed by atoms with Crippen LogP contribution in [0.15, 0.2) is 45.4 Å². The van der Waals surface area contributed by atoms with Crippen LogP contribution in [0.3, 0.4) is 0 Å². The lowest BCUT2D eigenvalue weighted by atomic mass is 10.1. The fourth-order valence-electron chi connectivity index (χ4n) is 2.78. The maximum Gasteiger partial charge on any atom is 0.271 e. The molecule has 0 fully saturated rings. The average molecular weight is 423 g/mol. The predicted molar refractivity (Wildman–Crippen MR) is 108 cm³/mol. The Bertz CT molecular complexity index is 1060. The molecular weight excluding hydrogens is 411 g/mol. The van der Waals surface area contributed by atoms with E-state index in [1.807, 2.05) is 6.07 Å². The molecule has 1 aromatic carbocycles. The van der Waals surface area contributed by atoms with Crippen molar-refractivity contribution in [1.82, 2.24) is 9.78 Å². The van der Waals surface area contributed by atoms with E-state index in [1.165, 1.54) is 16.0 Å². The first-order chi connectivity index (χ1) is 12.6. The van der Waals surface area contributed by atoms with E-state index < -0.39 is 0 Å². The van der Waals surface area contributed by atoms with Crippen LogP contribution in [0.1, 0.15) is 15.2 Å². The molecule has 0 bridgehead atoms. The van der Waals surface area contributed by atoms with Crippen LogP contribution in [0.5, 0.6) is 0 Å². The Labute approximate surface area is 167 Å². The van der Waals surface area contributed by atoms with Gasteiger partial charge in [-0.3, -0.25) is 9.59 Å². The number of aryl methyl sites for hydroxylation is 1. The topological polar surface area (TPSA) is 52.0 Å². The maximum atomic E-state index is 12.6. The molecule has 0 saturated carbocycles. The number of nitrogens with zero attached hydrogens (tertiary/aromatic N) is 2. The summed E-state index contributed by atoms with van der Waals surface area (Å²) in [5.41, 5.74) is 2.99. The molecule has 0 amide bonds. The summed E-state index contributed by atoms with van der Waals surface area (Å²) in [6, 6.07) is 10.4. The summed E-state index contributed by atoms with van der Waals surface area (Å²) in [7, 11) is 0. The lowest BCUT2D eigenvalue weighted by molar-refractivity contribution is 0.102. The SMILES string of the molecule is O=C(CCl)c1cc2c(s1)SCCc1cc(=O)n(-c3ccc(Cl)cc3)nc1-2. The van der Waals surface area contributed by atoms with Gasteiger partial charge in [-0.05, 0) is 42.3 Å². The number of Topliss-reactive ketones (excluding diaryl/α,β-unsaturated/α-hetero) is 1. The van der Waals surface area contributed by atoms with Crippen LogP contribution in [-0.2, 0) is 6.42 Å². The Kier molecular flexibility index (Phi) is 4.92. The summed E-state index contributed by atoms with van der Waals surface area (Å²) in [4.78, 5) is 25.2. The van der Waals surface area contributed by atoms with Crippen LogP contribution in [0.2, 0.25) is 5.02 Å². The quantitative estimate of drug-likeness (QED) is 0.453. The van der Waals surface area contributed by atoms with Gasteiger partial charge in [-0.25, -0.2) is 0 Å². The van der Waals surface area contributed by atoms with E-state index in [2.05, 4.69) is 5.10 Å². The highest BCUT2D eigenvalue weighted by Crippen LogP contribution is 2.42. The third-order valence-corrected chi connectivity index (χ3v) is 7.00. The zero-order valence-electron chi connectivity index (χ0n) is 13.4. The van der Waals surface area contributed by atoms with E-state index >= 15 is 0 Å². The Morgan fingerprint density at radius 1 is 1.23 bits per heavy atom. The van der Waals surface area contributed by atoms with Crippen molar-refractivity contribution in [2.45, 2.75) is 10.6 Å². The molecule has 2 aromatic heterocycles. The number of thiophene rings is 1. The molecule has 4 rings (SSSR count). The standard InChI is InChI=1S/C18H12Cl2N2O2S2/c19-9-14(23)15-8-13-17-10(5-6-25-18(13)26-15)7-16(24)22(21-17)12-3-1-11(20)2-4-12/h1-4,7-8H,5-6,9H2. The number of fused-ring (bicyclic) bond motifs is 3. The van der Waals surface area contributed by atoms with E-state index in [0.29, 0.717) is 15.6 Å². The van der Waals surface area contributed by atoms with Gasteiger partial charge in [0.25, 0.3) is 5.56 Å². The summed E-state index contributed by atoms with van der Waals surface area (Å²) in [5, 5.41) is 5.22. The minimum Gasteiger partial charge on any atom is -0.292 e. The summed E-state index contributed by atoms with van der Waals surface area (Å²) < 4.78 is 2.40. The molecule has 0 N–H and O–H groups in total. The van der Waals surface area contributed by atoms with E-state index in [0.717, 1.165) is 33.2 Å². The molecule has 0 saturated heterocycles. The van der Waals surface area contributed by atoms with Crippen molar-refractivity contribution < 1.29 is 4.79 Å². The molecule has 1 aliphatic heterocycles. The first-order valence-electron chi connectivity index (χ1n) is 7.82. The number of aromatic nitrogens is 2. The minimum atomic E-state index is -0.188. The minimum absolute atomic E-state index is 0.0470. The fourth-order valence-corrected chi connectivity index (χ4v) is 5.53. The molecule has 1 aliphatic rings. The Morgan fingerprint density at radius 3 is 2.73 bits per heavy atom. The molecular formula is C18H12Cl2N2O2S2. The van der Waals surface area contributed by atoms with Crippen molar-refractivity contribution in [2.75, 3.05) is 11.6 Å². The Balaban J connectivity index is 1.90. The number of hydrogen-bond donors (Lipinski definition) is 0. The largest absolute Gasteiger partial charge is 0.292 e. The van der Waals surface area contributed by atoms with Crippen LogP contribution >= 0.6 is 46.3 Å². The van der Waals surface area contributed by atoms with Gasteiger partial charge >= 0.3 is 0 Å². The molecule has 26 heavy (non-hydrogen) atoms. The van der Waals surface area contributed by atoms with Crippen molar-refractivity contribution in [1.29, 1.82) is 0 Å². The molecule has 8 heteroatoms. The fraction of sp³-hybridized carbons (Fsp3) is 0.167. The zero-order valence-corrected chi connectivity index (χ0v) is 16.5. The molecule has 0 aliphatic carbocycles. The van der Waals surface area contributed by atoms with Gasteiger partial charge in [-0.1, -0.05) is 11.6 Å². The molecule has 0 atom stereocenters. The second-order valence-electron chi connectivity index (χ2n) is 5.71. The molecule has 3 aromatic rings. The summed E-state index contributed by atoms with van der Waals surface area (Å²) in [6.07, 6.45) is 0.754. The molecule has 0 spiro atoms. The lowest BCUT2D eigenvalue weighted by Gasteiger charge is -2.10. The number of ketones is 1. The van der Waals surface area contributed by atoms with Crippen LogP contribution in [0, 0.1) is 0 Å². The number of benzene rings is 1. The number of thioether (sulfide) groups is 1. The van der Waals surface area contributed by atoms with Gasteiger partial charge in [-0.15, -0.1) is 34.7 Å². The number of hydrogen-bond acceptors (Lipinski definition) is 5.